The van der Waals surface area contributed by atoms with Crippen molar-refractivity contribution in [3.8, 4) is 5.75 Å². The van der Waals surface area contributed by atoms with Gasteiger partial charge in [-0.2, -0.15) is 0 Å². The minimum Gasteiger partial charge on any atom is -0.493 e. The van der Waals surface area contributed by atoms with Crippen LogP contribution in [0.1, 0.15) is 77.4 Å². The highest BCUT2D eigenvalue weighted by Gasteiger charge is 2.28. The molecule has 0 spiro atoms. The molecule has 1 aromatic carbocycles. The lowest BCUT2D eigenvalue weighted by Gasteiger charge is -2.25. The van der Waals surface area contributed by atoms with Gasteiger partial charge in [0, 0.05) is 37.3 Å². The average Bonchev–Trinajstić information content (AvgIpc) is 3.61. The fraction of sp³-hybridized carbons (Fsp3) is 0.522. The second kappa shape index (κ2) is 8.91. The van der Waals surface area contributed by atoms with E-state index >= 15 is 0 Å². The van der Waals surface area contributed by atoms with Crippen LogP contribution >= 0.6 is 0 Å². The molecule has 1 aliphatic carbocycles. The summed E-state index contributed by atoms with van der Waals surface area (Å²) < 4.78 is 16.6. The summed E-state index contributed by atoms with van der Waals surface area (Å²) in [6.07, 6.45) is 6.49. The predicted octanol–water partition coefficient (Wildman–Crippen LogP) is 4.02. The van der Waals surface area contributed by atoms with E-state index in [2.05, 4.69) is 22.1 Å². The molecule has 2 fully saturated rings. The predicted molar refractivity (Wildman–Crippen MR) is 109 cm³/mol. The number of benzene rings is 1. The lowest BCUT2D eigenvalue weighted by atomic mass is 9.89. The molecule has 6 nitrogen and oxygen atoms in total. The Morgan fingerprint density at radius 2 is 1.97 bits per heavy atom. The summed E-state index contributed by atoms with van der Waals surface area (Å²) in [5, 5.41) is 0. The van der Waals surface area contributed by atoms with Crippen molar-refractivity contribution in [1.82, 2.24) is 9.97 Å². The summed E-state index contributed by atoms with van der Waals surface area (Å²) in [7, 11) is 1.38. The van der Waals surface area contributed by atoms with E-state index in [-0.39, 0.29) is 0 Å². The van der Waals surface area contributed by atoms with E-state index in [4.69, 9.17) is 14.2 Å². The molecule has 154 valence electrons. The third kappa shape index (κ3) is 4.42. The lowest BCUT2D eigenvalue weighted by molar-refractivity contribution is 0.0591. The van der Waals surface area contributed by atoms with E-state index in [0.29, 0.717) is 36.3 Å². The molecule has 1 aliphatic heterocycles. The Bertz CT molecular complexity index is 873. The zero-order chi connectivity index (χ0) is 20.2. The summed E-state index contributed by atoms with van der Waals surface area (Å²) in [6, 6.07) is 6.26. The molecular formula is C23H28N2O4. The number of hydrogen-bond acceptors (Lipinski definition) is 6. The zero-order valence-corrected chi connectivity index (χ0v) is 17.1. The molecule has 2 aromatic rings. The topological polar surface area (TPSA) is 70.5 Å². The number of esters is 1. The van der Waals surface area contributed by atoms with E-state index in [1.165, 1.54) is 12.7 Å². The monoisotopic (exact) mass is 396 g/mol. The summed E-state index contributed by atoms with van der Waals surface area (Å²) in [5.74, 6) is 1.32. The highest BCUT2D eigenvalue weighted by molar-refractivity contribution is 5.88. The molecular weight excluding hydrogens is 368 g/mol. The number of hydrogen-bond donors (Lipinski definition) is 0. The summed E-state index contributed by atoms with van der Waals surface area (Å²) in [6.45, 7) is 4.14. The minimum absolute atomic E-state index is 0.316. The van der Waals surface area contributed by atoms with Crippen molar-refractivity contribution >= 4 is 5.97 Å². The molecule has 0 radical (unpaired) electrons. The zero-order valence-electron chi connectivity index (χ0n) is 17.1. The van der Waals surface area contributed by atoms with Crippen molar-refractivity contribution in [1.29, 1.82) is 0 Å². The highest BCUT2D eigenvalue weighted by atomic mass is 16.5. The van der Waals surface area contributed by atoms with Crippen LogP contribution in [0.5, 0.6) is 5.75 Å². The molecule has 1 saturated carbocycles. The second-order valence-corrected chi connectivity index (χ2v) is 7.69. The smallest absolute Gasteiger partial charge is 0.358 e. The van der Waals surface area contributed by atoms with Gasteiger partial charge in [-0.1, -0.05) is 18.2 Å². The molecule has 1 aromatic heterocycles. The number of aromatic nitrogens is 2. The normalized spacial score (nSPS) is 17.2. The molecule has 6 heteroatoms. The van der Waals surface area contributed by atoms with Crippen LogP contribution in [0.25, 0.3) is 0 Å². The first kappa shape index (κ1) is 19.8. The van der Waals surface area contributed by atoms with Gasteiger partial charge < -0.3 is 14.2 Å². The quantitative estimate of drug-likeness (QED) is 0.658. The first-order chi connectivity index (χ1) is 14.2. The van der Waals surface area contributed by atoms with Gasteiger partial charge in [-0.15, -0.1) is 0 Å². The molecule has 2 aliphatic rings. The molecule has 0 atom stereocenters. The Hall–Kier alpha value is -2.47. The number of para-hydroxylation sites is 1. The van der Waals surface area contributed by atoms with Crippen LogP contribution in [0.4, 0.5) is 0 Å². The first-order valence-electron chi connectivity index (χ1n) is 10.5. The number of rotatable bonds is 7. The fourth-order valence-electron chi connectivity index (χ4n) is 3.97. The van der Waals surface area contributed by atoms with Crippen molar-refractivity contribution in [2.24, 2.45) is 0 Å². The fourth-order valence-corrected chi connectivity index (χ4v) is 3.97. The molecule has 0 N–H and O–H groups in total. The average molecular weight is 396 g/mol. The first-order valence-corrected chi connectivity index (χ1v) is 10.5. The maximum atomic E-state index is 12.4. The number of ether oxygens (including phenoxy) is 3. The van der Waals surface area contributed by atoms with Crippen LogP contribution in [0.3, 0.4) is 0 Å². The van der Waals surface area contributed by atoms with Crippen LogP contribution in [0.15, 0.2) is 24.4 Å². The third-order valence-corrected chi connectivity index (χ3v) is 5.68. The molecule has 1 saturated heterocycles. The van der Waals surface area contributed by atoms with Gasteiger partial charge in [0.05, 0.1) is 25.1 Å². The van der Waals surface area contributed by atoms with Crippen molar-refractivity contribution in [3.05, 3.63) is 52.6 Å². The summed E-state index contributed by atoms with van der Waals surface area (Å²) in [4.78, 5) is 21.6. The van der Waals surface area contributed by atoms with Crippen LogP contribution in [-0.2, 0) is 15.9 Å². The number of nitrogens with zero attached hydrogens (tertiary/aromatic N) is 2. The van der Waals surface area contributed by atoms with Gasteiger partial charge in [-0.3, -0.25) is 4.98 Å². The van der Waals surface area contributed by atoms with Gasteiger partial charge in [0.25, 0.3) is 0 Å². The Morgan fingerprint density at radius 3 is 2.66 bits per heavy atom. The second-order valence-electron chi connectivity index (χ2n) is 7.69. The molecule has 0 amide bonds. The summed E-state index contributed by atoms with van der Waals surface area (Å²) in [5.41, 5.74) is 4.07. The van der Waals surface area contributed by atoms with Gasteiger partial charge >= 0.3 is 5.97 Å². The molecule has 2 heterocycles. The van der Waals surface area contributed by atoms with Crippen molar-refractivity contribution in [2.45, 2.75) is 50.9 Å². The maximum absolute atomic E-state index is 12.4. The van der Waals surface area contributed by atoms with Crippen LogP contribution in [-0.4, -0.2) is 42.9 Å². The van der Waals surface area contributed by atoms with E-state index in [0.717, 1.165) is 55.9 Å². The van der Waals surface area contributed by atoms with E-state index in [1.54, 1.807) is 0 Å². The standard InChI is InChI=1S/C23H28N2O4/c1-3-29-22-17(5-4-6-18(22)15-9-11-28-12-10-15)13-19-21(23(26)27-2)25-20(14-24-19)16-7-8-16/h4-6,14-16H,3,7-13H2,1-2H3. The third-order valence-electron chi connectivity index (χ3n) is 5.68. The molecule has 0 unspecified atom stereocenters. The van der Waals surface area contributed by atoms with Crippen molar-refractivity contribution in [2.75, 3.05) is 26.9 Å². The van der Waals surface area contributed by atoms with Gasteiger partial charge in [-0.25, -0.2) is 9.78 Å². The Morgan fingerprint density at radius 1 is 1.17 bits per heavy atom. The van der Waals surface area contributed by atoms with E-state index in [1.807, 2.05) is 19.2 Å². The number of carbonyl (C=O) groups excluding carboxylic acids is 1. The Balaban J connectivity index is 1.69. The number of methoxy groups -OCH3 is 1. The van der Waals surface area contributed by atoms with E-state index in [9.17, 15) is 4.79 Å². The Labute approximate surface area is 171 Å². The maximum Gasteiger partial charge on any atom is 0.358 e. The largest absolute Gasteiger partial charge is 0.493 e. The van der Waals surface area contributed by atoms with Gasteiger partial charge in [0.2, 0.25) is 0 Å². The van der Waals surface area contributed by atoms with E-state index < -0.39 is 5.97 Å². The number of carbonyl (C=O) groups is 1. The SMILES string of the molecule is CCOc1c(Cc2ncc(C3CC3)nc2C(=O)OC)cccc1C1CCOCC1. The highest BCUT2D eigenvalue weighted by Crippen LogP contribution is 2.39. The lowest BCUT2D eigenvalue weighted by Crippen LogP contribution is -2.16. The minimum atomic E-state index is -0.437. The van der Waals surface area contributed by atoms with Gasteiger partial charge in [0.15, 0.2) is 5.69 Å². The molecule has 0 bridgehead atoms. The van der Waals surface area contributed by atoms with Gasteiger partial charge in [-0.05, 0) is 44.1 Å². The molecule has 4 rings (SSSR count). The Kier molecular flexibility index (Phi) is 6.09. The van der Waals surface area contributed by atoms with Crippen LogP contribution in [0.2, 0.25) is 0 Å². The van der Waals surface area contributed by atoms with Crippen molar-refractivity contribution < 1.29 is 19.0 Å². The van der Waals surface area contributed by atoms with Gasteiger partial charge in [0.1, 0.15) is 5.75 Å². The van der Waals surface area contributed by atoms with Crippen LogP contribution in [0, 0.1) is 0 Å². The van der Waals surface area contributed by atoms with Crippen molar-refractivity contribution in [3.63, 3.8) is 0 Å². The van der Waals surface area contributed by atoms with Crippen LogP contribution < -0.4 is 4.74 Å². The molecule has 29 heavy (non-hydrogen) atoms. The summed E-state index contributed by atoms with van der Waals surface area (Å²) >= 11 is 0.